The highest BCUT2D eigenvalue weighted by Gasteiger charge is 2.22. The zero-order valence-electron chi connectivity index (χ0n) is 19.3. The number of anilines is 4. The van der Waals surface area contributed by atoms with E-state index in [1.165, 1.54) is 31.2 Å². The van der Waals surface area contributed by atoms with Crippen LogP contribution in [0.5, 0.6) is 5.75 Å². The Hall–Kier alpha value is -3.93. The van der Waals surface area contributed by atoms with Gasteiger partial charge >= 0.3 is 0 Å². The molecule has 0 saturated heterocycles. The molecule has 0 aliphatic rings. The maximum atomic E-state index is 13.4. The summed E-state index contributed by atoms with van der Waals surface area (Å²) in [6.45, 7) is 3.15. The number of phenolic OH excluding ortho intramolecular Hbond substituents is 1. The van der Waals surface area contributed by atoms with E-state index in [9.17, 15) is 18.3 Å². The Kier molecular flexibility index (Phi) is 6.97. The molecule has 186 valence electrons. The normalized spacial score (nSPS) is 12.2. The number of amides is 1. The van der Waals surface area contributed by atoms with Crippen LogP contribution in [0.2, 0.25) is 5.02 Å². The van der Waals surface area contributed by atoms with E-state index in [4.69, 9.17) is 17.3 Å². The monoisotopic (exact) mass is 526 g/mol. The first-order chi connectivity index (χ1) is 17.0. The molecule has 0 bridgehead atoms. The van der Waals surface area contributed by atoms with Crippen molar-refractivity contribution in [1.82, 2.24) is 9.97 Å². The Morgan fingerprint density at radius 3 is 2.36 bits per heavy atom. The smallest absolute Gasteiger partial charge is 0.263 e. The first-order valence-corrected chi connectivity index (χ1v) is 12.6. The topological polar surface area (TPSA) is 159 Å². The highest BCUT2D eigenvalue weighted by molar-refractivity contribution is 7.92. The Morgan fingerprint density at radius 1 is 1.03 bits per heavy atom. The summed E-state index contributed by atoms with van der Waals surface area (Å²) in [5, 5.41) is 15.7. The predicted octanol–water partition coefficient (Wildman–Crippen LogP) is 4.13. The lowest BCUT2D eigenvalue weighted by Gasteiger charge is -2.16. The van der Waals surface area contributed by atoms with Crippen LogP contribution in [0.25, 0.3) is 11.0 Å². The summed E-state index contributed by atoms with van der Waals surface area (Å²) in [6.07, 6.45) is 0. The number of nitrogens with two attached hydrogens (primary N) is 1. The third-order valence-electron chi connectivity index (χ3n) is 5.16. The molecule has 0 radical (unpaired) electrons. The molecule has 4 rings (SSSR count). The van der Waals surface area contributed by atoms with Gasteiger partial charge in [-0.25, -0.2) is 18.4 Å². The Morgan fingerprint density at radius 2 is 1.69 bits per heavy atom. The largest absolute Gasteiger partial charge is 0.508 e. The molecule has 0 spiro atoms. The van der Waals surface area contributed by atoms with E-state index >= 15 is 0 Å². The highest BCUT2D eigenvalue weighted by Crippen LogP contribution is 2.33. The van der Waals surface area contributed by atoms with Crippen molar-refractivity contribution in [1.29, 1.82) is 0 Å². The minimum Gasteiger partial charge on any atom is -0.508 e. The Labute approximate surface area is 212 Å². The van der Waals surface area contributed by atoms with Gasteiger partial charge in [0.25, 0.3) is 10.0 Å². The van der Waals surface area contributed by atoms with Gasteiger partial charge in [-0.05, 0) is 55.8 Å². The summed E-state index contributed by atoms with van der Waals surface area (Å²) >= 11 is 6.24. The third kappa shape index (κ3) is 5.48. The van der Waals surface area contributed by atoms with E-state index in [1.54, 1.807) is 43.3 Å². The number of carbonyl (C=O) groups excluding carboxylic acids is 1. The van der Waals surface area contributed by atoms with Gasteiger partial charge in [-0.3, -0.25) is 9.52 Å². The van der Waals surface area contributed by atoms with Gasteiger partial charge < -0.3 is 21.5 Å². The molecule has 1 atom stereocenters. The maximum absolute atomic E-state index is 13.4. The number of benzene rings is 3. The first kappa shape index (κ1) is 25.2. The van der Waals surface area contributed by atoms with Crippen molar-refractivity contribution < 1.29 is 18.3 Å². The van der Waals surface area contributed by atoms with E-state index in [2.05, 4.69) is 25.3 Å². The van der Waals surface area contributed by atoms with Crippen LogP contribution in [0.3, 0.4) is 0 Å². The molecule has 0 aliphatic carbocycles. The van der Waals surface area contributed by atoms with Crippen molar-refractivity contribution in [2.45, 2.75) is 24.8 Å². The van der Waals surface area contributed by atoms with Crippen LogP contribution in [-0.2, 0) is 14.8 Å². The Balaban J connectivity index is 1.76. The first-order valence-electron chi connectivity index (χ1n) is 10.8. The molecule has 3 aromatic carbocycles. The van der Waals surface area contributed by atoms with Gasteiger partial charge in [0.1, 0.15) is 5.75 Å². The highest BCUT2D eigenvalue weighted by atomic mass is 35.5. The number of aromatic hydroxyl groups is 1. The summed E-state index contributed by atoms with van der Waals surface area (Å²) in [6, 6.07) is 15.0. The van der Waals surface area contributed by atoms with Crippen molar-refractivity contribution in [3.8, 4) is 5.75 Å². The number of aromatic nitrogens is 2. The number of nitrogens with one attached hydrogen (secondary N) is 3. The van der Waals surface area contributed by atoms with Gasteiger partial charge in [0.2, 0.25) is 5.91 Å². The molecule has 36 heavy (non-hydrogen) atoms. The number of fused-ring (bicyclic) bond motifs is 1. The molecule has 1 amide bonds. The SMILES string of the molecule is Cc1ccc(NC(=O)[C@H](C)N)cc1S(=O)(=O)Nc1nc2ccccc2nc1Nc1cc(O)ccc1Cl. The molecule has 6 N–H and O–H groups in total. The van der Waals surface area contributed by atoms with Crippen molar-refractivity contribution in [3.05, 3.63) is 71.2 Å². The maximum Gasteiger partial charge on any atom is 0.263 e. The number of phenols is 1. The predicted molar refractivity (Wildman–Crippen MR) is 140 cm³/mol. The molecule has 4 aromatic rings. The number of hydrogen-bond donors (Lipinski definition) is 5. The molecule has 12 heteroatoms. The summed E-state index contributed by atoms with van der Waals surface area (Å²) < 4.78 is 29.4. The minimum absolute atomic E-state index is 0.0425. The fourth-order valence-corrected chi connectivity index (χ4v) is 4.75. The van der Waals surface area contributed by atoms with Gasteiger partial charge in [0.05, 0.1) is 32.7 Å². The lowest BCUT2D eigenvalue weighted by molar-refractivity contribution is -0.117. The quantitative estimate of drug-likeness (QED) is 0.240. The molecule has 0 fully saturated rings. The fraction of sp³-hybridized carbons (Fsp3) is 0.125. The zero-order chi connectivity index (χ0) is 26.0. The second-order valence-corrected chi connectivity index (χ2v) is 10.1. The average Bonchev–Trinajstić information content (AvgIpc) is 2.82. The van der Waals surface area contributed by atoms with Crippen molar-refractivity contribution >= 4 is 61.6 Å². The molecular weight excluding hydrogens is 504 g/mol. The van der Waals surface area contributed by atoms with Crippen LogP contribution in [0.4, 0.5) is 23.0 Å². The van der Waals surface area contributed by atoms with Crippen LogP contribution in [0, 0.1) is 6.92 Å². The number of aryl methyl sites for hydroxylation is 1. The van der Waals surface area contributed by atoms with E-state index in [1.807, 2.05) is 0 Å². The second-order valence-electron chi connectivity index (χ2n) is 8.06. The lowest BCUT2D eigenvalue weighted by atomic mass is 10.2. The van der Waals surface area contributed by atoms with Gasteiger partial charge in [-0.15, -0.1) is 0 Å². The molecule has 0 unspecified atom stereocenters. The van der Waals surface area contributed by atoms with E-state index < -0.39 is 22.0 Å². The molecule has 0 aliphatic heterocycles. The minimum atomic E-state index is -4.18. The summed E-state index contributed by atoms with van der Waals surface area (Å²) in [4.78, 5) is 20.9. The average molecular weight is 527 g/mol. The van der Waals surface area contributed by atoms with Crippen LogP contribution in [-0.4, -0.2) is 35.4 Å². The number of halogens is 1. The number of rotatable bonds is 7. The van der Waals surface area contributed by atoms with Crippen LogP contribution in [0.1, 0.15) is 12.5 Å². The molecule has 0 saturated carbocycles. The second kappa shape index (κ2) is 9.97. The Bertz CT molecular complexity index is 1580. The van der Waals surface area contributed by atoms with Gasteiger partial charge in [0, 0.05) is 11.8 Å². The molecule has 10 nitrogen and oxygen atoms in total. The van der Waals surface area contributed by atoms with Crippen LogP contribution >= 0.6 is 11.6 Å². The van der Waals surface area contributed by atoms with E-state index in [-0.39, 0.29) is 33.0 Å². The van der Waals surface area contributed by atoms with Crippen molar-refractivity contribution in [3.63, 3.8) is 0 Å². The molecular formula is C24H23ClN6O4S. The molecule has 1 aromatic heterocycles. The van der Waals surface area contributed by atoms with Gasteiger partial charge in [0.15, 0.2) is 11.6 Å². The third-order valence-corrected chi connectivity index (χ3v) is 6.97. The van der Waals surface area contributed by atoms with Crippen molar-refractivity contribution in [2.24, 2.45) is 5.73 Å². The zero-order valence-corrected chi connectivity index (χ0v) is 20.9. The van der Waals surface area contributed by atoms with E-state index in [0.29, 0.717) is 22.3 Å². The summed E-state index contributed by atoms with van der Waals surface area (Å²) in [5.74, 6) is -0.509. The van der Waals surface area contributed by atoms with E-state index in [0.717, 1.165) is 0 Å². The fourth-order valence-electron chi connectivity index (χ4n) is 3.30. The van der Waals surface area contributed by atoms with Crippen molar-refractivity contribution in [2.75, 3.05) is 15.4 Å². The van der Waals surface area contributed by atoms with Crippen LogP contribution in [0.15, 0.2) is 65.6 Å². The number of nitrogens with zero attached hydrogens (tertiary/aromatic N) is 2. The summed E-state index contributed by atoms with van der Waals surface area (Å²) in [5.41, 5.74) is 7.59. The number of carbonyl (C=O) groups is 1. The number of sulfonamides is 1. The number of hydrogen-bond acceptors (Lipinski definition) is 8. The van der Waals surface area contributed by atoms with Crippen LogP contribution < -0.4 is 21.1 Å². The van der Waals surface area contributed by atoms with Gasteiger partial charge in [-0.2, -0.15) is 0 Å². The number of para-hydroxylation sites is 2. The lowest BCUT2D eigenvalue weighted by Crippen LogP contribution is -2.32. The standard InChI is InChI=1S/C24H23ClN6O4S/c1-13-7-8-15(27-24(33)14(2)26)11-21(13)36(34,35)31-23-22(28-18-5-3-4-6-19(18)29-23)30-20-12-16(32)9-10-17(20)25/h3-12,14,32H,26H2,1-2H3,(H,27,33)(H,28,30)(H,29,31)/t14-/m0/s1. The molecule has 1 heterocycles. The van der Waals surface area contributed by atoms with Gasteiger partial charge in [-0.1, -0.05) is 29.8 Å². The summed E-state index contributed by atoms with van der Waals surface area (Å²) in [7, 11) is -4.18.